The Hall–Kier alpha value is -3.68. The molecule has 2 fully saturated rings. The van der Waals surface area contributed by atoms with Gasteiger partial charge in [-0.05, 0) is 62.3 Å². The number of rotatable bonds is 12. The molecule has 6 rings (SSSR count). The van der Waals surface area contributed by atoms with E-state index >= 15 is 0 Å². The number of Topliss-reactive ketones (excluding diaryl/α,β-unsaturated/α-hetero) is 1. The first-order chi connectivity index (χ1) is 21.8. The fourth-order valence-corrected chi connectivity index (χ4v) is 6.18. The number of aliphatic hydroxyl groups is 1. The lowest BCUT2D eigenvalue weighted by Crippen LogP contribution is -2.56. The van der Waals surface area contributed by atoms with Gasteiger partial charge >= 0.3 is 0 Å². The first-order valence-corrected chi connectivity index (χ1v) is 16.0. The highest BCUT2D eigenvalue weighted by atomic mass is 32.1. The number of carbonyl (C=O) groups is 2. The van der Waals surface area contributed by atoms with Crippen molar-refractivity contribution >= 4 is 37.0 Å². The summed E-state index contributed by atoms with van der Waals surface area (Å²) in [5, 5.41) is 14.3. The summed E-state index contributed by atoms with van der Waals surface area (Å²) in [4.78, 5) is 44.6. The smallest absolute Gasteiger partial charge is 0.227 e. The Labute approximate surface area is 277 Å². The second-order valence-electron chi connectivity index (χ2n) is 12.4. The molecule has 46 heavy (non-hydrogen) atoms. The average molecular weight is 652 g/mol. The first-order valence-electron chi connectivity index (χ1n) is 16.0. The van der Waals surface area contributed by atoms with Crippen molar-refractivity contribution in [1.29, 1.82) is 0 Å². The number of β-amino-alcohol motifs (C(OH)–C–C–N with tert-alkyl or cyclic N) is 1. The number of anilines is 2. The number of ether oxygens (including phenoxy) is 1. The number of nitrogens with one attached hydrogen (secondary N) is 1. The number of oxazole rings is 1. The quantitative estimate of drug-likeness (QED) is 0.279. The largest absolute Gasteiger partial charge is 0.486 e. The van der Waals surface area contributed by atoms with Crippen molar-refractivity contribution in [2.75, 3.05) is 49.5 Å². The second-order valence-corrected chi connectivity index (χ2v) is 12.4. The minimum absolute atomic E-state index is 0. The van der Waals surface area contributed by atoms with Gasteiger partial charge < -0.3 is 29.4 Å². The molecule has 0 bridgehead atoms. The Morgan fingerprint density at radius 2 is 1.91 bits per heavy atom. The van der Waals surface area contributed by atoms with Crippen LogP contribution in [-0.4, -0.2) is 93.0 Å². The van der Waals surface area contributed by atoms with Crippen LogP contribution in [0.3, 0.4) is 0 Å². The third-order valence-electron chi connectivity index (χ3n) is 8.98. The molecule has 1 aromatic carbocycles. The Bertz CT molecular complexity index is 1510. The molecule has 3 aromatic rings. The summed E-state index contributed by atoms with van der Waals surface area (Å²) in [5.41, 5.74) is 3.66. The fourth-order valence-electron chi connectivity index (χ4n) is 6.18. The van der Waals surface area contributed by atoms with Crippen molar-refractivity contribution < 1.29 is 23.8 Å². The lowest BCUT2D eigenvalue weighted by Gasteiger charge is -2.39. The summed E-state index contributed by atoms with van der Waals surface area (Å²) < 4.78 is 11.3. The van der Waals surface area contributed by atoms with Gasteiger partial charge in [-0.2, -0.15) is 18.5 Å². The van der Waals surface area contributed by atoms with Gasteiger partial charge in [0.15, 0.2) is 17.9 Å². The maximum Gasteiger partial charge on any atom is 0.227 e. The number of hydrogen-bond acceptors (Lipinski definition) is 11. The van der Waals surface area contributed by atoms with Gasteiger partial charge in [-0.1, -0.05) is 6.07 Å². The second kappa shape index (κ2) is 15.3. The number of piperidine rings is 1. The molecule has 0 spiro atoms. The van der Waals surface area contributed by atoms with Gasteiger partial charge in [0.25, 0.3) is 0 Å². The van der Waals surface area contributed by atoms with Crippen LogP contribution in [0.15, 0.2) is 35.1 Å². The van der Waals surface area contributed by atoms with Crippen molar-refractivity contribution in [3.8, 4) is 5.75 Å². The van der Waals surface area contributed by atoms with Crippen LogP contribution in [0.4, 0.5) is 11.8 Å². The maximum atomic E-state index is 13.3. The number of carbonyl (C=O) groups excluding carboxylic acids is 2. The van der Waals surface area contributed by atoms with Crippen LogP contribution in [0.25, 0.3) is 0 Å². The highest BCUT2D eigenvalue weighted by molar-refractivity contribution is 7.59. The standard InChI is InChI=1S/C33H43N7O5.H2S/c1-22-31(45-21-34-22)20-44-28-8-6-25-16-38(13-10-24(25)14-28)19-27(42)7-9-30(43)29-15-32(35-26-17-40(18-26)23(2)41)37-33(36-29)39-11-4-3-5-12-39;/h6,8,14-15,21,26-27,42H,3-5,7,9-13,16-20H2,1-2H3,(H,35,36,37);1H2/t27-;/m0./s1. The molecule has 2 N–H and O–H groups in total. The molecule has 2 saturated heterocycles. The minimum Gasteiger partial charge on any atom is -0.486 e. The number of ketones is 1. The van der Waals surface area contributed by atoms with Crippen molar-refractivity contribution in [2.45, 2.75) is 77.7 Å². The number of hydrogen-bond donors (Lipinski definition) is 2. The van der Waals surface area contributed by atoms with Gasteiger partial charge in [0.05, 0.1) is 17.8 Å². The molecule has 3 aliphatic heterocycles. The summed E-state index contributed by atoms with van der Waals surface area (Å²) in [6.45, 7) is 8.84. The zero-order chi connectivity index (χ0) is 31.3. The Kier molecular flexibility index (Phi) is 11.2. The van der Waals surface area contributed by atoms with E-state index in [4.69, 9.17) is 14.1 Å². The van der Waals surface area contributed by atoms with E-state index in [0.29, 0.717) is 50.1 Å². The summed E-state index contributed by atoms with van der Waals surface area (Å²) in [5.74, 6) is 2.65. The van der Waals surface area contributed by atoms with Gasteiger partial charge in [0.1, 0.15) is 23.9 Å². The molecule has 0 radical (unpaired) electrons. The van der Waals surface area contributed by atoms with E-state index in [-0.39, 0.29) is 37.6 Å². The molecule has 0 saturated carbocycles. The van der Waals surface area contributed by atoms with Crippen LogP contribution in [0.1, 0.15) is 72.1 Å². The van der Waals surface area contributed by atoms with Crippen LogP contribution in [0.2, 0.25) is 0 Å². The molecule has 0 aliphatic carbocycles. The maximum absolute atomic E-state index is 13.3. The number of aromatic nitrogens is 3. The normalized spacial score (nSPS) is 17.5. The monoisotopic (exact) mass is 651 g/mol. The molecule has 3 aliphatic rings. The van der Waals surface area contributed by atoms with Crippen LogP contribution >= 0.6 is 13.5 Å². The lowest BCUT2D eigenvalue weighted by molar-refractivity contribution is -0.132. The Balaban J connectivity index is 0.00000417. The van der Waals surface area contributed by atoms with Crippen LogP contribution in [0.5, 0.6) is 5.75 Å². The molecule has 12 nitrogen and oxygen atoms in total. The zero-order valence-electron chi connectivity index (χ0n) is 26.7. The molecule has 1 atom stereocenters. The summed E-state index contributed by atoms with van der Waals surface area (Å²) in [6.07, 6.45) is 5.56. The van der Waals surface area contributed by atoms with Gasteiger partial charge in [-0.15, -0.1) is 0 Å². The van der Waals surface area contributed by atoms with E-state index in [0.717, 1.165) is 62.6 Å². The van der Waals surface area contributed by atoms with E-state index < -0.39 is 6.10 Å². The minimum atomic E-state index is -0.628. The number of fused-ring (bicyclic) bond motifs is 1. The Morgan fingerprint density at radius 3 is 2.65 bits per heavy atom. The van der Waals surface area contributed by atoms with E-state index in [2.05, 4.69) is 37.2 Å². The molecule has 248 valence electrons. The van der Waals surface area contributed by atoms with Crippen LogP contribution in [-0.2, 0) is 24.4 Å². The number of nitrogens with zero attached hydrogens (tertiary/aromatic N) is 6. The van der Waals surface area contributed by atoms with Crippen molar-refractivity contribution in [3.63, 3.8) is 0 Å². The molecule has 1 amide bonds. The average Bonchev–Trinajstić information content (AvgIpc) is 3.44. The highest BCUT2D eigenvalue weighted by Gasteiger charge is 2.29. The van der Waals surface area contributed by atoms with Gasteiger partial charge in [-0.3, -0.25) is 14.5 Å². The zero-order valence-corrected chi connectivity index (χ0v) is 27.7. The molecular formula is C33H45N7O5S. The first kappa shape index (κ1) is 33.7. The fraction of sp³-hybridized carbons (Fsp3) is 0.545. The van der Waals surface area contributed by atoms with Crippen molar-refractivity contribution in [1.82, 2.24) is 24.8 Å². The number of likely N-dealkylation sites (tertiary alicyclic amines) is 1. The van der Waals surface area contributed by atoms with E-state index in [1.165, 1.54) is 23.9 Å². The van der Waals surface area contributed by atoms with Gasteiger partial charge in [0, 0.05) is 65.2 Å². The number of amides is 1. The predicted molar refractivity (Wildman–Crippen MR) is 179 cm³/mol. The van der Waals surface area contributed by atoms with Gasteiger partial charge in [-0.25, -0.2) is 9.97 Å². The van der Waals surface area contributed by atoms with Crippen molar-refractivity contribution in [3.05, 3.63) is 58.9 Å². The van der Waals surface area contributed by atoms with Crippen molar-refractivity contribution in [2.24, 2.45) is 0 Å². The summed E-state index contributed by atoms with van der Waals surface area (Å²) in [7, 11) is 0. The molecule has 5 heterocycles. The van der Waals surface area contributed by atoms with E-state index in [9.17, 15) is 14.7 Å². The molecular weight excluding hydrogens is 606 g/mol. The predicted octanol–water partition coefficient (Wildman–Crippen LogP) is 3.48. The Morgan fingerprint density at radius 1 is 1.11 bits per heavy atom. The van der Waals surface area contributed by atoms with E-state index in [1.54, 1.807) is 17.9 Å². The third-order valence-corrected chi connectivity index (χ3v) is 8.98. The van der Waals surface area contributed by atoms with Gasteiger partial charge in [0.2, 0.25) is 11.9 Å². The molecule has 2 aromatic heterocycles. The summed E-state index contributed by atoms with van der Waals surface area (Å²) >= 11 is 0. The molecule has 13 heteroatoms. The van der Waals surface area contributed by atoms with Crippen LogP contribution in [0, 0.1) is 6.92 Å². The lowest BCUT2D eigenvalue weighted by atomic mass is 9.98. The number of aryl methyl sites for hydroxylation is 1. The number of aliphatic hydroxyl groups excluding tert-OH is 1. The topological polar surface area (TPSA) is 137 Å². The van der Waals surface area contributed by atoms with Crippen LogP contribution < -0.4 is 15.0 Å². The highest BCUT2D eigenvalue weighted by Crippen LogP contribution is 2.26. The SMILES string of the molecule is CC(=O)N1CC(Nc2cc(C(=O)CC[C@H](O)CN3CCc4cc(OCc5ocnc5C)ccc4C3)nc(N3CCCCC3)n2)C1.S. The molecule has 0 unspecified atom stereocenters. The van der Waals surface area contributed by atoms with E-state index in [1.807, 2.05) is 13.0 Å². The number of benzene rings is 1. The third kappa shape index (κ3) is 8.37. The summed E-state index contributed by atoms with van der Waals surface area (Å²) in [6, 6.07) is 7.95.